The second-order valence-corrected chi connectivity index (χ2v) is 8.29. The van der Waals surface area contributed by atoms with E-state index in [0.717, 1.165) is 4.57 Å². The highest BCUT2D eigenvalue weighted by Crippen LogP contribution is 2.21. The number of halogens is 1. The summed E-state index contributed by atoms with van der Waals surface area (Å²) in [5, 5.41) is 9.45. The van der Waals surface area contributed by atoms with E-state index < -0.39 is 17.0 Å². The van der Waals surface area contributed by atoms with Crippen LogP contribution in [0.2, 0.25) is 5.15 Å². The average Bonchev–Trinajstić information content (AvgIpc) is 2.71. The van der Waals surface area contributed by atoms with Gasteiger partial charge in [0.1, 0.15) is 16.7 Å². The highest BCUT2D eigenvalue weighted by Gasteiger charge is 2.26. The second-order valence-electron chi connectivity index (χ2n) is 7.90. The first kappa shape index (κ1) is 23.0. The molecule has 0 aliphatic heterocycles. The van der Waals surface area contributed by atoms with Gasteiger partial charge in [0.15, 0.2) is 0 Å². The Morgan fingerprint density at radius 1 is 1.22 bits per heavy atom. The Labute approximate surface area is 189 Å². The first-order valence-electron chi connectivity index (χ1n) is 9.85. The molecule has 0 atom stereocenters. The molecule has 164 valence electrons. The minimum Gasteiger partial charge on any atom is -0.384 e. The Morgan fingerprint density at radius 2 is 1.91 bits per heavy atom. The summed E-state index contributed by atoms with van der Waals surface area (Å²) in [6, 6.07) is 9.85. The smallest absolute Gasteiger partial charge is 0.331 e. The molecule has 3 rings (SSSR count). The maximum atomic E-state index is 13.7. The van der Waals surface area contributed by atoms with Gasteiger partial charge in [-0.05, 0) is 54.3 Å². The monoisotopic (exact) mass is 451 g/mol. The fraction of sp³-hybridized carbons (Fsp3) is 0.261. The van der Waals surface area contributed by atoms with Crippen LogP contribution in [0.5, 0.6) is 0 Å². The lowest BCUT2D eigenvalue weighted by Crippen LogP contribution is -2.44. The SMILES string of the molecule is Cc1cc(C#N)cc(C(=O)c2c(C(C)C)c(=O)n(C)c(=O)n2Cc2cc(N)nc(Cl)c2)c1. The Balaban J connectivity index is 2.36. The van der Waals surface area contributed by atoms with Crippen LogP contribution in [0.25, 0.3) is 0 Å². The molecular formula is C23H22ClN5O3. The highest BCUT2D eigenvalue weighted by atomic mass is 35.5. The number of aromatic nitrogens is 3. The molecule has 0 unspecified atom stereocenters. The number of nitriles is 1. The van der Waals surface area contributed by atoms with Gasteiger partial charge in [-0.3, -0.25) is 18.7 Å². The first-order chi connectivity index (χ1) is 15.0. The van der Waals surface area contributed by atoms with Crippen molar-refractivity contribution in [2.75, 3.05) is 5.73 Å². The quantitative estimate of drug-likeness (QED) is 0.469. The molecule has 0 radical (unpaired) electrons. The number of carbonyl (C=O) groups is 1. The van der Waals surface area contributed by atoms with Crippen molar-refractivity contribution in [2.24, 2.45) is 7.05 Å². The molecule has 0 saturated carbocycles. The van der Waals surface area contributed by atoms with E-state index >= 15 is 0 Å². The molecule has 0 bridgehead atoms. The van der Waals surface area contributed by atoms with Crippen molar-refractivity contribution in [3.05, 3.63) is 89.8 Å². The average molecular weight is 452 g/mol. The van der Waals surface area contributed by atoms with Crippen molar-refractivity contribution < 1.29 is 4.79 Å². The van der Waals surface area contributed by atoms with Gasteiger partial charge >= 0.3 is 5.69 Å². The maximum Gasteiger partial charge on any atom is 0.331 e. The molecule has 3 aromatic rings. The number of hydrogen-bond acceptors (Lipinski definition) is 6. The lowest BCUT2D eigenvalue weighted by atomic mass is 9.95. The minimum absolute atomic E-state index is 0.0194. The number of carbonyl (C=O) groups excluding carboxylic acids is 1. The number of nitrogens with zero attached hydrogens (tertiary/aromatic N) is 4. The number of anilines is 1. The van der Waals surface area contributed by atoms with Crippen LogP contribution in [-0.4, -0.2) is 19.9 Å². The minimum atomic E-state index is -0.651. The van der Waals surface area contributed by atoms with Crippen LogP contribution in [-0.2, 0) is 13.6 Å². The molecule has 1 aromatic carbocycles. The van der Waals surface area contributed by atoms with Gasteiger partial charge in [0.05, 0.1) is 18.2 Å². The van der Waals surface area contributed by atoms with Crippen LogP contribution in [0.15, 0.2) is 39.9 Å². The second kappa shape index (κ2) is 8.81. The maximum absolute atomic E-state index is 13.7. The number of aryl methyl sites for hydroxylation is 1. The summed E-state index contributed by atoms with van der Waals surface area (Å²) < 4.78 is 2.23. The van der Waals surface area contributed by atoms with Crippen LogP contribution >= 0.6 is 11.6 Å². The van der Waals surface area contributed by atoms with Crippen molar-refractivity contribution in [3.63, 3.8) is 0 Å². The van der Waals surface area contributed by atoms with Gasteiger partial charge in [0.2, 0.25) is 5.78 Å². The lowest BCUT2D eigenvalue weighted by Gasteiger charge is -2.20. The van der Waals surface area contributed by atoms with E-state index in [9.17, 15) is 19.6 Å². The van der Waals surface area contributed by atoms with Crippen LogP contribution in [0, 0.1) is 18.3 Å². The summed E-state index contributed by atoms with van der Waals surface area (Å²) >= 11 is 6.01. The molecular weight excluding hydrogens is 430 g/mol. The van der Waals surface area contributed by atoms with Crippen LogP contribution in [0.3, 0.4) is 0 Å². The van der Waals surface area contributed by atoms with Crippen molar-refractivity contribution in [1.82, 2.24) is 14.1 Å². The molecule has 0 spiro atoms. The van der Waals surface area contributed by atoms with E-state index in [2.05, 4.69) is 4.98 Å². The Hall–Kier alpha value is -3.70. The summed E-state index contributed by atoms with van der Waals surface area (Å²) in [7, 11) is 1.37. The van der Waals surface area contributed by atoms with Crippen molar-refractivity contribution in [3.8, 4) is 6.07 Å². The van der Waals surface area contributed by atoms with Crippen molar-refractivity contribution in [2.45, 2.75) is 33.2 Å². The van der Waals surface area contributed by atoms with Crippen molar-refractivity contribution in [1.29, 1.82) is 5.26 Å². The third kappa shape index (κ3) is 4.34. The van der Waals surface area contributed by atoms with E-state index in [0.29, 0.717) is 16.7 Å². The zero-order chi connectivity index (χ0) is 23.7. The summed E-state index contributed by atoms with van der Waals surface area (Å²) in [5.74, 6) is -0.692. The summed E-state index contributed by atoms with van der Waals surface area (Å²) in [6.07, 6.45) is 0. The number of benzene rings is 1. The van der Waals surface area contributed by atoms with Gasteiger partial charge in [-0.2, -0.15) is 5.26 Å². The largest absolute Gasteiger partial charge is 0.384 e. The number of nitrogen functional groups attached to an aromatic ring is 1. The molecule has 2 heterocycles. The molecule has 0 saturated heterocycles. The number of nitrogens with two attached hydrogens (primary N) is 1. The molecule has 32 heavy (non-hydrogen) atoms. The standard InChI is InChI=1S/C23H22ClN5O3/c1-12(2)19-20(21(30)16-6-13(3)5-14(7-16)10-25)29(23(32)28(4)22(19)31)11-15-8-17(24)27-18(26)9-15/h5-9,12H,11H2,1-4H3,(H2,26,27). The molecule has 0 amide bonds. The van der Waals surface area contributed by atoms with Crippen LogP contribution in [0.4, 0.5) is 5.82 Å². The molecule has 2 N–H and O–H groups in total. The summed E-state index contributed by atoms with van der Waals surface area (Å²) in [6.45, 7) is 5.28. The van der Waals surface area contributed by atoms with Gasteiger partial charge < -0.3 is 5.73 Å². The molecule has 8 nitrogen and oxygen atoms in total. The third-order valence-corrected chi connectivity index (χ3v) is 5.25. The van der Waals surface area contributed by atoms with E-state index in [-0.39, 0.29) is 40.3 Å². The molecule has 2 aromatic heterocycles. The first-order valence-corrected chi connectivity index (χ1v) is 10.2. The van der Waals surface area contributed by atoms with Crippen LogP contribution in [0.1, 0.15) is 58.1 Å². The predicted molar refractivity (Wildman–Crippen MR) is 122 cm³/mol. The molecule has 9 heteroatoms. The van der Waals surface area contributed by atoms with Gasteiger partial charge in [0, 0.05) is 18.2 Å². The number of pyridine rings is 1. The van der Waals surface area contributed by atoms with Crippen molar-refractivity contribution >= 4 is 23.2 Å². The normalized spacial score (nSPS) is 10.9. The number of hydrogen-bond donors (Lipinski definition) is 1. The van der Waals surface area contributed by atoms with Crippen LogP contribution < -0.4 is 17.0 Å². The summed E-state index contributed by atoms with van der Waals surface area (Å²) in [4.78, 5) is 43.7. The number of ketones is 1. The van der Waals surface area contributed by atoms with E-state index in [4.69, 9.17) is 17.3 Å². The Kier molecular flexibility index (Phi) is 6.32. The Morgan fingerprint density at radius 3 is 2.50 bits per heavy atom. The zero-order valence-electron chi connectivity index (χ0n) is 18.1. The zero-order valence-corrected chi connectivity index (χ0v) is 18.9. The van der Waals surface area contributed by atoms with Gasteiger partial charge in [0.25, 0.3) is 5.56 Å². The third-order valence-electron chi connectivity index (χ3n) is 5.05. The van der Waals surface area contributed by atoms with E-state index in [1.54, 1.807) is 45.0 Å². The predicted octanol–water partition coefficient (Wildman–Crippen LogP) is 2.76. The van der Waals surface area contributed by atoms with Gasteiger partial charge in [-0.25, -0.2) is 9.78 Å². The van der Waals surface area contributed by atoms with E-state index in [1.807, 2.05) is 6.07 Å². The van der Waals surface area contributed by atoms with Gasteiger partial charge in [-0.15, -0.1) is 0 Å². The molecule has 0 aliphatic rings. The summed E-state index contributed by atoms with van der Waals surface area (Å²) in [5.41, 5.74) is 6.58. The molecule has 0 fully saturated rings. The molecule has 0 aliphatic carbocycles. The van der Waals surface area contributed by atoms with Gasteiger partial charge in [-0.1, -0.05) is 25.4 Å². The van der Waals surface area contributed by atoms with E-state index in [1.165, 1.54) is 17.7 Å². The topological polar surface area (TPSA) is 124 Å². The lowest BCUT2D eigenvalue weighted by molar-refractivity contribution is 0.102. The fourth-order valence-electron chi connectivity index (χ4n) is 3.66. The number of rotatable bonds is 5. The Bertz CT molecular complexity index is 1380. The highest BCUT2D eigenvalue weighted by molar-refractivity contribution is 6.29. The fourth-order valence-corrected chi connectivity index (χ4v) is 3.90.